The molecule has 1 aromatic carbocycles. The monoisotopic (exact) mass is 278 g/mol. The Hall–Kier alpha value is -1.88. The minimum Gasteiger partial charge on any atom is -0.462 e. The van der Waals surface area contributed by atoms with E-state index in [1.165, 1.54) is 0 Å². The first-order chi connectivity index (χ1) is 9.34. The van der Waals surface area contributed by atoms with Crippen LogP contribution in [0.3, 0.4) is 0 Å². The number of anilines is 1. The number of benzene rings is 1. The van der Waals surface area contributed by atoms with Crippen molar-refractivity contribution in [3.05, 3.63) is 29.8 Å². The molecule has 0 saturated carbocycles. The first kappa shape index (κ1) is 16.2. The molecule has 1 aromatic rings. The summed E-state index contributed by atoms with van der Waals surface area (Å²) in [5.74, 6) is -0.633. The summed E-state index contributed by atoms with van der Waals surface area (Å²) in [5, 5.41) is 2.68. The molecule has 0 saturated heterocycles. The summed E-state index contributed by atoms with van der Waals surface area (Å²) >= 11 is 0. The molecule has 1 rings (SSSR count). The fourth-order valence-corrected chi connectivity index (χ4v) is 1.37. The molecule has 0 aliphatic rings. The number of rotatable bonds is 6. The van der Waals surface area contributed by atoms with Crippen LogP contribution in [0.15, 0.2) is 24.3 Å². The van der Waals surface area contributed by atoms with Crippen molar-refractivity contribution in [3.63, 3.8) is 0 Å². The number of carbonyl (C=O) groups is 2. The first-order valence-corrected chi connectivity index (χ1v) is 6.72. The molecule has 0 heterocycles. The van der Waals surface area contributed by atoms with E-state index in [2.05, 4.69) is 5.32 Å². The van der Waals surface area contributed by atoms with Crippen LogP contribution in [0.4, 0.5) is 5.69 Å². The van der Waals surface area contributed by atoms with Crippen LogP contribution in [-0.4, -0.2) is 24.0 Å². The zero-order valence-corrected chi connectivity index (χ0v) is 12.2. The van der Waals surface area contributed by atoms with Crippen molar-refractivity contribution in [3.8, 4) is 0 Å². The van der Waals surface area contributed by atoms with E-state index in [1.54, 1.807) is 38.1 Å². The maximum Gasteiger partial charge on any atom is 0.338 e. The van der Waals surface area contributed by atoms with Crippen LogP contribution in [-0.2, 0) is 9.53 Å². The molecule has 0 fully saturated rings. The summed E-state index contributed by atoms with van der Waals surface area (Å²) in [7, 11) is 0. The van der Waals surface area contributed by atoms with E-state index in [4.69, 9.17) is 10.5 Å². The predicted octanol–water partition coefficient (Wildman–Crippen LogP) is 2.32. The van der Waals surface area contributed by atoms with Gasteiger partial charge in [-0.2, -0.15) is 0 Å². The van der Waals surface area contributed by atoms with Gasteiger partial charge in [0.15, 0.2) is 0 Å². The molecule has 20 heavy (non-hydrogen) atoms. The van der Waals surface area contributed by atoms with Crippen LogP contribution >= 0.6 is 0 Å². The van der Waals surface area contributed by atoms with Gasteiger partial charge in [0, 0.05) is 5.69 Å². The molecule has 0 spiro atoms. The number of hydrogen-bond donors (Lipinski definition) is 2. The van der Waals surface area contributed by atoms with Crippen molar-refractivity contribution in [2.24, 2.45) is 5.73 Å². The highest BCUT2D eigenvalue weighted by Gasteiger charge is 2.21. The van der Waals surface area contributed by atoms with Crippen molar-refractivity contribution >= 4 is 17.6 Å². The van der Waals surface area contributed by atoms with Crippen molar-refractivity contribution < 1.29 is 14.3 Å². The Morgan fingerprint density at radius 2 is 1.85 bits per heavy atom. The molecule has 0 aliphatic heterocycles. The molecule has 5 nitrogen and oxygen atoms in total. The third-order valence-corrected chi connectivity index (χ3v) is 2.69. The fraction of sp³-hybridized carbons (Fsp3) is 0.467. The smallest absolute Gasteiger partial charge is 0.338 e. The van der Waals surface area contributed by atoms with Crippen LogP contribution in [0.5, 0.6) is 0 Å². The van der Waals surface area contributed by atoms with Gasteiger partial charge in [0.05, 0.1) is 17.7 Å². The van der Waals surface area contributed by atoms with E-state index < -0.39 is 5.54 Å². The second kappa shape index (κ2) is 7.05. The zero-order chi connectivity index (χ0) is 15.2. The van der Waals surface area contributed by atoms with Gasteiger partial charge in [-0.1, -0.05) is 13.3 Å². The minimum atomic E-state index is -0.947. The van der Waals surface area contributed by atoms with Crippen LogP contribution in [0.2, 0.25) is 0 Å². The second-order valence-electron chi connectivity index (χ2n) is 5.24. The largest absolute Gasteiger partial charge is 0.462 e. The normalized spacial score (nSPS) is 11.0. The Balaban J connectivity index is 2.60. The standard InChI is InChI=1S/C15H22N2O3/c1-4-5-10-20-13(18)11-6-8-12(9-7-11)17-14(19)15(2,3)16/h6-9H,4-5,10,16H2,1-3H3,(H,17,19). The molecule has 110 valence electrons. The summed E-state index contributed by atoms with van der Waals surface area (Å²) < 4.78 is 5.10. The fourth-order valence-electron chi connectivity index (χ4n) is 1.37. The SMILES string of the molecule is CCCCOC(=O)c1ccc(NC(=O)C(C)(C)N)cc1. The van der Waals surface area contributed by atoms with Gasteiger partial charge >= 0.3 is 5.97 Å². The topological polar surface area (TPSA) is 81.4 Å². The van der Waals surface area contributed by atoms with Gasteiger partial charge in [0.25, 0.3) is 0 Å². The molecule has 0 radical (unpaired) electrons. The predicted molar refractivity (Wildman–Crippen MR) is 78.5 cm³/mol. The molecule has 1 amide bonds. The lowest BCUT2D eigenvalue weighted by molar-refractivity contribution is -0.120. The van der Waals surface area contributed by atoms with Gasteiger partial charge in [0.1, 0.15) is 0 Å². The molecule has 0 aliphatic carbocycles. The number of carbonyl (C=O) groups excluding carboxylic acids is 2. The molecule has 0 aromatic heterocycles. The number of amides is 1. The molecule has 0 unspecified atom stereocenters. The second-order valence-corrected chi connectivity index (χ2v) is 5.24. The van der Waals surface area contributed by atoms with Crippen LogP contribution < -0.4 is 11.1 Å². The number of esters is 1. The minimum absolute atomic E-state index is 0.282. The van der Waals surface area contributed by atoms with Crippen molar-refractivity contribution in [2.75, 3.05) is 11.9 Å². The molecule has 3 N–H and O–H groups in total. The first-order valence-electron chi connectivity index (χ1n) is 6.72. The van der Waals surface area contributed by atoms with Gasteiger partial charge in [-0.15, -0.1) is 0 Å². The summed E-state index contributed by atoms with van der Waals surface area (Å²) in [5.41, 5.74) is 5.80. The Morgan fingerprint density at radius 3 is 2.35 bits per heavy atom. The Bertz CT molecular complexity index is 461. The van der Waals surface area contributed by atoms with Crippen LogP contribution in [0.1, 0.15) is 44.0 Å². The lowest BCUT2D eigenvalue weighted by atomic mass is 10.1. The molecule has 0 atom stereocenters. The quantitative estimate of drug-likeness (QED) is 0.618. The Morgan fingerprint density at radius 1 is 1.25 bits per heavy atom. The summed E-state index contributed by atoms with van der Waals surface area (Å²) in [4.78, 5) is 23.4. The van der Waals surface area contributed by atoms with Gasteiger partial charge in [-0.3, -0.25) is 4.79 Å². The van der Waals surface area contributed by atoms with E-state index in [-0.39, 0.29) is 11.9 Å². The lowest BCUT2D eigenvalue weighted by Crippen LogP contribution is -2.45. The maximum absolute atomic E-state index is 11.7. The van der Waals surface area contributed by atoms with Crippen molar-refractivity contribution in [1.82, 2.24) is 0 Å². The van der Waals surface area contributed by atoms with Gasteiger partial charge < -0.3 is 15.8 Å². The van der Waals surface area contributed by atoms with Crippen molar-refractivity contribution in [2.45, 2.75) is 39.2 Å². The van der Waals surface area contributed by atoms with Crippen LogP contribution in [0.25, 0.3) is 0 Å². The van der Waals surface area contributed by atoms with Gasteiger partial charge in [-0.05, 0) is 44.5 Å². The Labute approximate surface area is 119 Å². The number of unbranched alkanes of at least 4 members (excludes halogenated alkanes) is 1. The van der Waals surface area contributed by atoms with E-state index in [0.717, 1.165) is 12.8 Å². The molecular weight excluding hydrogens is 256 g/mol. The lowest BCUT2D eigenvalue weighted by Gasteiger charge is -2.17. The number of ether oxygens (including phenoxy) is 1. The third-order valence-electron chi connectivity index (χ3n) is 2.69. The summed E-state index contributed by atoms with van der Waals surface area (Å²) in [6.07, 6.45) is 1.83. The third kappa shape index (κ3) is 5.01. The Kier molecular flexibility index (Phi) is 5.70. The molecular formula is C15H22N2O3. The van der Waals surface area contributed by atoms with E-state index in [0.29, 0.717) is 17.9 Å². The van der Waals surface area contributed by atoms with E-state index in [1.807, 2.05) is 6.92 Å². The van der Waals surface area contributed by atoms with E-state index in [9.17, 15) is 9.59 Å². The van der Waals surface area contributed by atoms with Crippen LogP contribution in [0, 0.1) is 0 Å². The highest BCUT2D eigenvalue weighted by atomic mass is 16.5. The maximum atomic E-state index is 11.7. The number of hydrogen-bond acceptors (Lipinski definition) is 4. The average molecular weight is 278 g/mol. The van der Waals surface area contributed by atoms with Gasteiger partial charge in [-0.25, -0.2) is 4.79 Å². The average Bonchev–Trinajstić information content (AvgIpc) is 2.38. The summed E-state index contributed by atoms with van der Waals surface area (Å²) in [6, 6.07) is 6.54. The van der Waals surface area contributed by atoms with Gasteiger partial charge in [0.2, 0.25) is 5.91 Å². The highest BCUT2D eigenvalue weighted by Crippen LogP contribution is 2.12. The van der Waals surface area contributed by atoms with Crippen molar-refractivity contribution in [1.29, 1.82) is 0 Å². The molecule has 5 heteroatoms. The number of nitrogens with two attached hydrogens (primary N) is 1. The highest BCUT2D eigenvalue weighted by molar-refractivity contribution is 5.97. The summed E-state index contributed by atoms with van der Waals surface area (Å²) in [6.45, 7) is 5.71. The number of nitrogens with one attached hydrogen (secondary N) is 1. The molecule has 0 bridgehead atoms. The zero-order valence-electron chi connectivity index (χ0n) is 12.2. The van der Waals surface area contributed by atoms with E-state index >= 15 is 0 Å².